The lowest BCUT2D eigenvalue weighted by molar-refractivity contribution is 1.43. The van der Waals surface area contributed by atoms with E-state index in [4.69, 9.17) is 0 Å². The Morgan fingerprint density at radius 3 is 2.82 bits per heavy atom. The Labute approximate surface area is 71.8 Å². The van der Waals surface area contributed by atoms with Crippen LogP contribution in [-0.4, -0.2) is 12.6 Å². The Balaban J connectivity index is 2.92. The minimum atomic E-state index is 0.604. The van der Waals surface area contributed by atoms with Gasteiger partial charge in [-0.15, -0.1) is 0 Å². The zero-order chi connectivity index (χ0) is 8.10. The standard InChI is InChI=1S/C8H10N2S/c1-9-7-4-2-3-5-8(7)10-6-11/h2-5,10-11H,1,6H2. The van der Waals surface area contributed by atoms with Gasteiger partial charge in [-0.2, -0.15) is 12.6 Å². The van der Waals surface area contributed by atoms with Gasteiger partial charge < -0.3 is 5.32 Å². The van der Waals surface area contributed by atoms with E-state index in [1.807, 2.05) is 24.3 Å². The first-order valence-corrected chi connectivity index (χ1v) is 3.92. The molecule has 0 aliphatic heterocycles. The minimum absolute atomic E-state index is 0.604. The number of rotatable bonds is 3. The predicted molar refractivity (Wildman–Crippen MR) is 53.1 cm³/mol. The third kappa shape index (κ3) is 1.98. The molecule has 1 N–H and O–H groups in total. The third-order valence-electron chi connectivity index (χ3n) is 1.34. The van der Waals surface area contributed by atoms with E-state index in [1.54, 1.807) is 0 Å². The lowest BCUT2D eigenvalue weighted by Gasteiger charge is -2.04. The van der Waals surface area contributed by atoms with Crippen LogP contribution in [0.2, 0.25) is 0 Å². The molecule has 1 aromatic carbocycles. The fourth-order valence-electron chi connectivity index (χ4n) is 0.846. The maximum Gasteiger partial charge on any atom is 0.0853 e. The summed E-state index contributed by atoms with van der Waals surface area (Å²) in [6, 6.07) is 7.72. The molecule has 0 heterocycles. The molecule has 1 aromatic rings. The number of hydrogen-bond donors (Lipinski definition) is 2. The van der Waals surface area contributed by atoms with E-state index in [1.165, 1.54) is 0 Å². The third-order valence-corrected chi connectivity index (χ3v) is 1.50. The highest BCUT2D eigenvalue weighted by atomic mass is 32.1. The summed E-state index contributed by atoms with van der Waals surface area (Å²) in [5.74, 6) is 0.604. The molecule has 1 rings (SSSR count). The predicted octanol–water partition coefficient (Wildman–Crippen LogP) is 2.32. The van der Waals surface area contributed by atoms with Gasteiger partial charge >= 0.3 is 0 Å². The van der Waals surface area contributed by atoms with E-state index in [0.29, 0.717) is 5.88 Å². The first-order chi connectivity index (χ1) is 5.38. The number of aliphatic imine (C=N–C) groups is 1. The van der Waals surface area contributed by atoms with Crippen LogP contribution >= 0.6 is 12.6 Å². The largest absolute Gasteiger partial charge is 0.375 e. The Hall–Kier alpha value is -0.960. The molecule has 11 heavy (non-hydrogen) atoms. The summed E-state index contributed by atoms with van der Waals surface area (Å²) in [4.78, 5) is 3.84. The summed E-state index contributed by atoms with van der Waals surface area (Å²) >= 11 is 4.04. The maximum absolute atomic E-state index is 4.04. The van der Waals surface area contributed by atoms with Crippen LogP contribution < -0.4 is 5.32 Å². The average Bonchev–Trinajstić information content (AvgIpc) is 2.06. The molecule has 0 fully saturated rings. The van der Waals surface area contributed by atoms with E-state index in [2.05, 4.69) is 29.7 Å². The smallest absolute Gasteiger partial charge is 0.0853 e. The summed E-state index contributed by atoms with van der Waals surface area (Å²) in [5.41, 5.74) is 1.83. The fraction of sp³-hybridized carbons (Fsp3) is 0.125. The molecule has 0 spiro atoms. The van der Waals surface area contributed by atoms with Gasteiger partial charge in [0.2, 0.25) is 0 Å². The van der Waals surface area contributed by atoms with Gasteiger partial charge in [-0.3, -0.25) is 4.99 Å². The van der Waals surface area contributed by atoms with Gasteiger partial charge in [-0.25, -0.2) is 0 Å². The maximum atomic E-state index is 4.04. The lowest BCUT2D eigenvalue weighted by Crippen LogP contribution is -1.93. The molecular weight excluding hydrogens is 156 g/mol. The van der Waals surface area contributed by atoms with Crippen LogP contribution in [0.1, 0.15) is 0 Å². The van der Waals surface area contributed by atoms with Gasteiger partial charge in [0.15, 0.2) is 0 Å². The molecule has 0 saturated heterocycles. The van der Waals surface area contributed by atoms with Crippen molar-refractivity contribution in [3.8, 4) is 0 Å². The molecule has 0 unspecified atom stereocenters. The average molecular weight is 166 g/mol. The molecule has 0 atom stereocenters. The number of hydrogen-bond acceptors (Lipinski definition) is 3. The van der Waals surface area contributed by atoms with Crippen LogP contribution in [0.15, 0.2) is 29.3 Å². The summed E-state index contributed by atoms with van der Waals surface area (Å²) in [6.45, 7) is 3.46. The first kappa shape index (κ1) is 8.14. The Morgan fingerprint density at radius 2 is 2.18 bits per heavy atom. The van der Waals surface area contributed by atoms with Crippen molar-refractivity contribution in [3.05, 3.63) is 24.3 Å². The number of para-hydroxylation sites is 2. The van der Waals surface area contributed by atoms with Crippen LogP contribution in [-0.2, 0) is 0 Å². The van der Waals surface area contributed by atoms with E-state index in [9.17, 15) is 0 Å². The van der Waals surface area contributed by atoms with Crippen LogP contribution in [0, 0.1) is 0 Å². The second-order valence-electron chi connectivity index (χ2n) is 2.01. The molecular formula is C8H10N2S. The summed E-state index contributed by atoms with van der Waals surface area (Å²) in [7, 11) is 0. The van der Waals surface area contributed by atoms with Crippen molar-refractivity contribution in [2.24, 2.45) is 4.99 Å². The van der Waals surface area contributed by atoms with E-state index < -0.39 is 0 Å². The summed E-state index contributed by atoms with van der Waals surface area (Å²) in [6.07, 6.45) is 0. The highest BCUT2D eigenvalue weighted by molar-refractivity contribution is 7.80. The Morgan fingerprint density at radius 1 is 1.45 bits per heavy atom. The van der Waals surface area contributed by atoms with Gasteiger partial charge in [-0.1, -0.05) is 12.1 Å². The second kappa shape index (κ2) is 4.03. The van der Waals surface area contributed by atoms with E-state index >= 15 is 0 Å². The van der Waals surface area contributed by atoms with Gasteiger partial charge in [0.1, 0.15) is 0 Å². The molecule has 2 nitrogen and oxygen atoms in total. The minimum Gasteiger partial charge on any atom is -0.375 e. The fourth-order valence-corrected chi connectivity index (χ4v) is 1.02. The van der Waals surface area contributed by atoms with Gasteiger partial charge in [0.05, 0.1) is 17.3 Å². The SMILES string of the molecule is C=Nc1ccccc1NCS. The molecule has 0 aliphatic rings. The van der Waals surface area contributed by atoms with Gasteiger partial charge in [-0.05, 0) is 18.9 Å². The van der Waals surface area contributed by atoms with Crippen molar-refractivity contribution in [1.82, 2.24) is 0 Å². The number of anilines is 1. The molecule has 0 aromatic heterocycles. The van der Waals surface area contributed by atoms with Crippen molar-refractivity contribution in [3.63, 3.8) is 0 Å². The number of nitrogens with zero attached hydrogens (tertiary/aromatic N) is 1. The topological polar surface area (TPSA) is 24.4 Å². The van der Waals surface area contributed by atoms with Crippen molar-refractivity contribution >= 4 is 30.7 Å². The molecule has 0 amide bonds. The molecule has 0 bridgehead atoms. The highest BCUT2D eigenvalue weighted by Gasteiger charge is 1.94. The summed E-state index contributed by atoms with van der Waals surface area (Å²) in [5, 5.41) is 3.06. The van der Waals surface area contributed by atoms with Crippen LogP contribution in [0.25, 0.3) is 0 Å². The van der Waals surface area contributed by atoms with Crippen molar-refractivity contribution in [2.45, 2.75) is 0 Å². The van der Waals surface area contributed by atoms with Crippen molar-refractivity contribution < 1.29 is 0 Å². The van der Waals surface area contributed by atoms with E-state index in [-0.39, 0.29) is 0 Å². The van der Waals surface area contributed by atoms with E-state index in [0.717, 1.165) is 11.4 Å². The van der Waals surface area contributed by atoms with Crippen molar-refractivity contribution in [1.29, 1.82) is 0 Å². The zero-order valence-electron chi connectivity index (χ0n) is 6.12. The Bertz CT molecular complexity index is 248. The number of thiol groups is 1. The zero-order valence-corrected chi connectivity index (χ0v) is 7.01. The van der Waals surface area contributed by atoms with Crippen LogP contribution in [0.3, 0.4) is 0 Å². The number of nitrogens with one attached hydrogen (secondary N) is 1. The normalized spacial score (nSPS) is 9.18. The molecule has 0 aliphatic carbocycles. The van der Waals surface area contributed by atoms with Crippen molar-refractivity contribution in [2.75, 3.05) is 11.2 Å². The Kier molecular flexibility index (Phi) is 2.98. The summed E-state index contributed by atoms with van der Waals surface area (Å²) < 4.78 is 0. The first-order valence-electron chi connectivity index (χ1n) is 3.29. The quantitative estimate of drug-likeness (QED) is 0.402. The lowest BCUT2D eigenvalue weighted by atomic mass is 10.3. The monoisotopic (exact) mass is 166 g/mol. The molecule has 0 radical (unpaired) electrons. The van der Waals surface area contributed by atoms with Gasteiger partial charge in [0, 0.05) is 0 Å². The highest BCUT2D eigenvalue weighted by Crippen LogP contribution is 2.22. The van der Waals surface area contributed by atoms with Crippen LogP contribution in [0.4, 0.5) is 11.4 Å². The van der Waals surface area contributed by atoms with Crippen LogP contribution in [0.5, 0.6) is 0 Å². The molecule has 58 valence electrons. The number of benzene rings is 1. The molecule has 3 heteroatoms. The second-order valence-corrected chi connectivity index (χ2v) is 2.33. The molecule has 0 saturated carbocycles. The van der Waals surface area contributed by atoms with Gasteiger partial charge in [0.25, 0.3) is 0 Å².